The molecule has 1 heterocycles. The zero-order chi connectivity index (χ0) is 17.2. The van der Waals surface area contributed by atoms with E-state index in [0.717, 1.165) is 18.4 Å². The van der Waals surface area contributed by atoms with Gasteiger partial charge in [-0.3, -0.25) is 9.59 Å². The molecule has 2 saturated carbocycles. The lowest BCUT2D eigenvalue weighted by Crippen LogP contribution is -2.31. The van der Waals surface area contributed by atoms with Crippen LogP contribution in [0.1, 0.15) is 44.3 Å². The van der Waals surface area contributed by atoms with Crippen molar-refractivity contribution >= 4 is 16.8 Å². The molecule has 0 saturated heterocycles. The Kier molecular flexibility index (Phi) is 4.55. The minimum atomic E-state index is -0.110. The number of amides is 1. The smallest absolute Gasteiger partial charge is 0.258 e. The van der Waals surface area contributed by atoms with Gasteiger partial charge in [0.15, 0.2) is 0 Å². The first-order valence-electron chi connectivity index (χ1n) is 9.43. The number of H-pyrrole nitrogens is 1. The van der Waals surface area contributed by atoms with Gasteiger partial charge < -0.3 is 10.3 Å². The van der Waals surface area contributed by atoms with Gasteiger partial charge in [-0.1, -0.05) is 18.6 Å². The molecule has 5 nitrogen and oxygen atoms in total. The van der Waals surface area contributed by atoms with Crippen LogP contribution in [0, 0.1) is 17.8 Å². The number of rotatable bonds is 6. The van der Waals surface area contributed by atoms with Crippen molar-refractivity contribution in [1.82, 2.24) is 15.3 Å². The Morgan fingerprint density at radius 3 is 2.92 bits per heavy atom. The maximum Gasteiger partial charge on any atom is 0.258 e. The second kappa shape index (κ2) is 6.98. The molecule has 2 aromatic rings. The molecule has 2 aliphatic rings. The summed E-state index contributed by atoms with van der Waals surface area (Å²) in [4.78, 5) is 31.4. The summed E-state index contributed by atoms with van der Waals surface area (Å²) in [5, 5.41) is 3.71. The van der Waals surface area contributed by atoms with E-state index in [1.165, 1.54) is 25.7 Å². The molecular formula is C20H25N3O2. The number of nitrogens with one attached hydrogen (secondary N) is 2. The first-order valence-corrected chi connectivity index (χ1v) is 9.43. The molecule has 2 fully saturated rings. The van der Waals surface area contributed by atoms with E-state index < -0.39 is 0 Å². The fourth-order valence-corrected chi connectivity index (χ4v) is 4.63. The van der Waals surface area contributed by atoms with Crippen LogP contribution < -0.4 is 10.9 Å². The number of aromatic amines is 1. The van der Waals surface area contributed by atoms with Gasteiger partial charge in [-0.25, -0.2) is 4.98 Å². The second-order valence-electron chi connectivity index (χ2n) is 7.62. The van der Waals surface area contributed by atoms with Crippen molar-refractivity contribution in [3.8, 4) is 0 Å². The van der Waals surface area contributed by atoms with Crippen LogP contribution in [-0.2, 0) is 11.2 Å². The first-order chi connectivity index (χ1) is 12.2. The molecule has 4 rings (SSSR count). The van der Waals surface area contributed by atoms with E-state index >= 15 is 0 Å². The highest BCUT2D eigenvalue weighted by Gasteiger charge is 2.39. The van der Waals surface area contributed by atoms with Crippen molar-refractivity contribution in [1.29, 1.82) is 0 Å². The molecule has 2 bridgehead atoms. The normalized spacial score (nSPS) is 24.7. The highest BCUT2D eigenvalue weighted by Crippen LogP contribution is 2.47. The number of benzene rings is 1. The number of para-hydroxylation sites is 1. The summed E-state index contributed by atoms with van der Waals surface area (Å²) >= 11 is 0. The summed E-state index contributed by atoms with van der Waals surface area (Å²) in [5.74, 6) is 3.23. The highest BCUT2D eigenvalue weighted by atomic mass is 16.1. The fraction of sp³-hybridized carbons (Fsp3) is 0.550. The minimum Gasteiger partial charge on any atom is -0.356 e. The van der Waals surface area contributed by atoms with E-state index in [4.69, 9.17) is 0 Å². The third-order valence-electron chi connectivity index (χ3n) is 5.93. The van der Waals surface area contributed by atoms with Crippen LogP contribution in [0.2, 0.25) is 0 Å². The zero-order valence-electron chi connectivity index (χ0n) is 14.5. The lowest BCUT2D eigenvalue weighted by molar-refractivity contribution is -0.121. The maximum absolute atomic E-state index is 12.1. The third-order valence-corrected chi connectivity index (χ3v) is 5.93. The predicted octanol–water partition coefficient (Wildman–Crippen LogP) is 2.80. The Morgan fingerprint density at radius 1 is 1.24 bits per heavy atom. The molecule has 2 aliphatic carbocycles. The van der Waals surface area contributed by atoms with Gasteiger partial charge in [-0.05, 0) is 55.6 Å². The van der Waals surface area contributed by atoms with Gasteiger partial charge in [-0.2, -0.15) is 0 Å². The van der Waals surface area contributed by atoms with Crippen molar-refractivity contribution in [2.24, 2.45) is 17.8 Å². The summed E-state index contributed by atoms with van der Waals surface area (Å²) in [6.45, 7) is 0.838. The summed E-state index contributed by atoms with van der Waals surface area (Å²) in [7, 11) is 0. The van der Waals surface area contributed by atoms with Gasteiger partial charge in [0.1, 0.15) is 5.82 Å². The molecule has 1 amide bonds. The number of nitrogens with zero attached hydrogens (tertiary/aromatic N) is 1. The van der Waals surface area contributed by atoms with E-state index in [9.17, 15) is 9.59 Å². The SMILES string of the molecule is O=C(CCCc1nc2ccccc2c(=O)[nH]1)NC[C@H]1C[C@H]2CC[C@H]1C2. The molecule has 0 unspecified atom stereocenters. The summed E-state index contributed by atoms with van der Waals surface area (Å²) in [6.07, 6.45) is 7.22. The van der Waals surface area contributed by atoms with E-state index in [1.807, 2.05) is 18.2 Å². The lowest BCUT2D eigenvalue weighted by Gasteiger charge is -2.21. The minimum absolute atomic E-state index is 0.110. The Hall–Kier alpha value is -2.17. The molecule has 0 radical (unpaired) electrons. The van der Waals surface area contributed by atoms with Crippen molar-refractivity contribution in [3.05, 3.63) is 40.4 Å². The fourth-order valence-electron chi connectivity index (χ4n) is 4.63. The van der Waals surface area contributed by atoms with E-state index in [1.54, 1.807) is 6.07 Å². The molecule has 1 aromatic carbocycles. The van der Waals surface area contributed by atoms with Gasteiger partial charge in [-0.15, -0.1) is 0 Å². The molecule has 5 heteroatoms. The summed E-state index contributed by atoms with van der Waals surface area (Å²) in [6, 6.07) is 7.32. The monoisotopic (exact) mass is 339 g/mol. The molecule has 3 atom stereocenters. The second-order valence-corrected chi connectivity index (χ2v) is 7.62. The van der Waals surface area contributed by atoms with Crippen LogP contribution in [0.4, 0.5) is 0 Å². The van der Waals surface area contributed by atoms with E-state index in [2.05, 4.69) is 15.3 Å². The van der Waals surface area contributed by atoms with Crippen molar-refractivity contribution in [2.75, 3.05) is 6.54 Å². The number of aromatic nitrogens is 2. The molecule has 25 heavy (non-hydrogen) atoms. The van der Waals surface area contributed by atoms with Crippen LogP contribution in [-0.4, -0.2) is 22.4 Å². The van der Waals surface area contributed by atoms with Gasteiger partial charge in [0, 0.05) is 19.4 Å². The predicted molar refractivity (Wildman–Crippen MR) is 97.2 cm³/mol. The molecular weight excluding hydrogens is 314 g/mol. The van der Waals surface area contributed by atoms with Crippen LogP contribution in [0.5, 0.6) is 0 Å². The number of carbonyl (C=O) groups is 1. The van der Waals surface area contributed by atoms with E-state index in [-0.39, 0.29) is 11.5 Å². The average Bonchev–Trinajstić information content (AvgIpc) is 3.23. The Morgan fingerprint density at radius 2 is 2.12 bits per heavy atom. The standard InChI is InChI=1S/C20H25N3O2/c24-19(21-12-15-11-13-8-9-14(15)10-13)7-3-6-18-22-17-5-2-1-4-16(17)20(25)23-18/h1-2,4-5,13-15H,3,6-12H2,(H,21,24)(H,22,23,25)/t13-,14-,15+/m0/s1. The van der Waals surface area contributed by atoms with Gasteiger partial charge in [0.05, 0.1) is 10.9 Å². The Labute approximate surface area is 147 Å². The average molecular weight is 339 g/mol. The van der Waals surface area contributed by atoms with Crippen molar-refractivity contribution < 1.29 is 4.79 Å². The third kappa shape index (κ3) is 3.60. The first kappa shape index (κ1) is 16.3. The van der Waals surface area contributed by atoms with Gasteiger partial charge in [0.2, 0.25) is 5.91 Å². The summed E-state index contributed by atoms with van der Waals surface area (Å²) in [5.41, 5.74) is 0.600. The molecule has 0 aliphatic heterocycles. The molecule has 1 aromatic heterocycles. The van der Waals surface area contributed by atoms with Crippen molar-refractivity contribution in [2.45, 2.75) is 44.9 Å². The maximum atomic E-state index is 12.1. The number of hydrogen-bond acceptors (Lipinski definition) is 3. The summed E-state index contributed by atoms with van der Waals surface area (Å²) < 4.78 is 0. The number of hydrogen-bond donors (Lipinski definition) is 2. The van der Waals surface area contributed by atoms with Crippen LogP contribution >= 0.6 is 0 Å². The van der Waals surface area contributed by atoms with Crippen LogP contribution in [0.25, 0.3) is 10.9 Å². The lowest BCUT2D eigenvalue weighted by atomic mass is 9.89. The number of carbonyl (C=O) groups excluding carboxylic acids is 1. The Bertz CT molecular complexity index is 829. The van der Waals surface area contributed by atoms with Crippen LogP contribution in [0.3, 0.4) is 0 Å². The largest absolute Gasteiger partial charge is 0.356 e. The zero-order valence-corrected chi connectivity index (χ0v) is 14.5. The topological polar surface area (TPSA) is 74.8 Å². The van der Waals surface area contributed by atoms with Crippen molar-refractivity contribution in [3.63, 3.8) is 0 Å². The van der Waals surface area contributed by atoms with E-state index in [0.29, 0.717) is 41.9 Å². The molecule has 2 N–H and O–H groups in total. The molecule has 132 valence electrons. The van der Waals surface area contributed by atoms with Crippen LogP contribution in [0.15, 0.2) is 29.1 Å². The Balaban J connectivity index is 1.25. The number of aryl methyl sites for hydroxylation is 1. The van der Waals surface area contributed by atoms with Gasteiger partial charge in [0.25, 0.3) is 5.56 Å². The molecule has 0 spiro atoms. The highest BCUT2D eigenvalue weighted by molar-refractivity contribution is 5.77. The number of fused-ring (bicyclic) bond motifs is 3. The quantitative estimate of drug-likeness (QED) is 0.850. The van der Waals surface area contributed by atoms with Gasteiger partial charge >= 0.3 is 0 Å².